The van der Waals surface area contributed by atoms with Gasteiger partial charge in [0.15, 0.2) is 5.96 Å². The third kappa shape index (κ3) is 4.56. The zero-order chi connectivity index (χ0) is 15.9. The largest absolute Gasteiger partial charge is 0.356 e. The fraction of sp³-hybridized carbons (Fsp3) is 0.353. The first kappa shape index (κ1) is 16.5. The molecule has 0 saturated carbocycles. The third-order valence-corrected chi connectivity index (χ3v) is 4.30. The number of thiophene rings is 1. The smallest absolute Gasteiger partial charge is 0.191 e. The van der Waals surface area contributed by atoms with E-state index in [4.69, 9.17) is 0 Å². The Labute approximate surface area is 135 Å². The van der Waals surface area contributed by atoms with Gasteiger partial charge < -0.3 is 10.6 Å². The molecule has 3 nitrogen and oxygen atoms in total. The van der Waals surface area contributed by atoms with Crippen LogP contribution in [0, 0.1) is 12.7 Å². The number of halogens is 1. The van der Waals surface area contributed by atoms with Gasteiger partial charge in [0.05, 0.1) is 0 Å². The Morgan fingerprint density at radius 2 is 2.14 bits per heavy atom. The number of aryl methyl sites for hydroxylation is 1. The van der Waals surface area contributed by atoms with Gasteiger partial charge in [0.25, 0.3) is 0 Å². The average Bonchev–Trinajstić information content (AvgIpc) is 3.05. The Morgan fingerprint density at radius 1 is 1.32 bits per heavy atom. The summed E-state index contributed by atoms with van der Waals surface area (Å²) in [7, 11) is 1.75. The van der Waals surface area contributed by atoms with Crippen molar-refractivity contribution in [1.29, 1.82) is 0 Å². The van der Waals surface area contributed by atoms with Crippen LogP contribution >= 0.6 is 11.3 Å². The highest BCUT2D eigenvalue weighted by molar-refractivity contribution is 7.07. The second-order valence-electron chi connectivity index (χ2n) is 5.35. The molecule has 5 heteroatoms. The first-order chi connectivity index (χ1) is 10.6. The molecule has 118 valence electrons. The van der Waals surface area contributed by atoms with Crippen LogP contribution in [-0.4, -0.2) is 19.6 Å². The van der Waals surface area contributed by atoms with Crippen LogP contribution in [0.5, 0.6) is 0 Å². The van der Waals surface area contributed by atoms with Crippen molar-refractivity contribution in [3.05, 3.63) is 57.5 Å². The molecule has 2 aromatic rings. The van der Waals surface area contributed by atoms with Crippen molar-refractivity contribution in [1.82, 2.24) is 10.6 Å². The predicted molar refractivity (Wildman–Crippen MR) is 92.1 cm³/mol. The summed E-state index contributed by atoms with van der Waals surface area (Å²) in [5.41, 5.74) is 3.03. The van der Waals surface area contributed by atoms with Gasteiger partial charge in [0, 0.05) is 20.1 Å². The molecule has 2 N–H and O–H groups in total. The van der Waals surface area contributed by atoms with Gasteiger partial charge in [-0.05, 0) is 52.4 Å². The SMILES string of the molecule is CN=C(NCc1ccc(F)c(C)c1)NCC(C)c1ccsc1. The Kier molecular flexibility index (Phi) is 5.95. The molecule has 0 spiro atoms. The number of nitrogens with one attached hydrogen (secondary N) is 2. The van der Waals surface area contributed by atoms with Crippen LogP contribution in [0.3, 0.4) is 0 Å². The second kappa shape index (κ2) is 7.94. The highest BCUT2D eigenvalue weighted by atomic mass is 32.1. The maximum atomic E-state index is 13.3. The van der Waals surface area contributed by atoms with Gasteiger partial charge in [-0.1, -0.05) is 19.1 Å². The molecule has 1 unspecified atom stereocenters. The van der Waals surface area contributed by atoms with Gasteiger partial charge >= 0.3 is 0 Å². The summed E-state index contributed by atoms with van der Waals surface area (Å²) in [5, 5.41) is 10.8. The summed E-state index contributed by atoms with van der Waals surface area (Å²) >= 11 is 1.71. The lowest BCUT2D eigenvalue weighted by Crippen LogP contribution is -2.38. The maximum absolute atomic E-state index is 13.3. The lowest BCUT2D eigenvalue weighted by atomic mass is 10.1. The normalized spacial score (nSPS) is 13.0. The molecule has 0 aliphatic carbocycles. The molecule has 0 aliphatic heterocycles. The average molecular weight is 319 g/mol. The Hall–Kier alpha value is -1.88. The van der Waals surface area contributed by atoms with Crippen molar-refractivity contribution in [2.45, 2.75) is 26.3 Å². The standard InChI is InChI=1S/C17H22FN3S/c1-12-8-14(4-5-16(12)18)10-21-17(19-3)20-9-13(2)15-6-7-22-11-15/h4-8,11,13H,9-10H2,1-3H3,(H2,19,20,21). The molecule has 0 bridgehead atoms. The molecule has 0 fully saturated rings. The minimum absolute atomic E-state index is 0.171. The van der Waals surface area contributed by atoms with Gasteiger partial charge in [0.1, 0.15) is 5.82 Å². The predicted octanol–water partition coefficient (Wildman–Crippen LogP) is 3.66. The molecule has 22 heavy (non-hydrogen) atoms. The Morgan fingerprint density at radius 3 is 2.77 bits per heavy atom. The van der Waals surface area contributed by atoms with E-state index >= 15 is 0 Å². The summed E-state index contributed by atoms with van der Waals surface area (Å²) in [6, 6.07) is 7.29. The Balaban J connectivity index is 1.83. The summed E-state index contributed by atoms with van der Waals surface area (Å²) in [6.45, 7) is 5.40. The van der Waals surface area contributed by atoms with Crippen LogP contribution in [-0.2, 0) is 6.54 Å². The molecule has 1 atom stereocenters. The van der Waals surface area contributed by atoms with Crippen LogP contribution in [0.2, 0.25) is 0 Å². The highest BCUT2D eigenvalue weighted by Gasteiger charge is 2.07. The van der Waals surface area contributed by atoms with Gasteiger partial charge in [-0.2, -0.15) is 11.3 Å². The van der Waals surface area contributed by atoms with Crippen molar-refractivity contribution in [2.75, 3.05) is 13.6 Å². The molecule has 0 amide bonds. The van der Waals surface area contributed by atoms with E-state index in [1.165, 1.54) is 11.6 Å². The second-order valence-corrected chi connectivity index (χ2v) is 6.13. The lowest BCUT2D eigenvalue weighted by molar-refractivity contribution is 0.617. The van der Waals surface area contributed by atoms with E-state index in [-0.39, 0.29) is 5.82 Å². The van der Waals surface area contributed by atoms with Gasteiger partial charge in [0.2, 0.25) is 0 Å². The highest BCUT2D eigenvalue weighted by Crippen LogP contribution is 2.17. The van der Waals surface area contributed by atoms with E-state index in [1.54, 1.807) is 31.4 Å². The van der Waals surface area contributed by atoms with Crippen LogP contribution in [0.4, 0.5) is 4.39 Å². The van der Waals surface area contributed by atoms with Crippen molar-refractivity contribution in [2.24, 2.45) is 4.99 Å². The number of nitrogens with zero attached hydrogens (tertiary/aromatic N) is 1. The van der Waals surface area contributed by atoms with E-state index in [2.05, 4.69) is 39.4 Å². The van der Waals surface area contributed by atoms with E-state index in [1.807, 2.05) is 6.07 Å². The molecule has 2 rings (SSSR count). The molecular formula is C17H22FN3S. The zero-order valence-corrected chi connectivity index (χ0v) is 14.0. The number of aliphatic imine (C=N–C) groups is 1. The van der Waals surface area contributed by atoms with Crippen LogP contribution in [0.15, 0.2) is 40.0 Å². The van der Waals surface area contributed by atoms with Crippen molar-refractivity contribution >= 4 is 17.3 Å². The third-order valence-electron chi connectivity index (χ3n) is 3.59. The van der Waals surface area contributed by atoms with Crippen LogP contribution in [0.1, 0.15) is 29.5 Å². The first-order valence-corrected chi connectivity index (χ1v) is 8.26. The molecule has 0 aliphatic rings. The summed E-state index contributed by atoms with van der Waals surface area (Å²) < 4.78 is 13.3. The van der Waals surface area contributed by atoms with Crippen molar-refractivity contribution < 1.29 is 4.39 Å². The molecule has 0 radical (unpaired) electrons. The molecule has 0 saturated heterocycles. The van der Waals surface area contributed by atoms with E-state index in [0.717, 1.165) is 18.1 Å². The number of guanidine groups is 1. The monoisotopic (exact) mass is 319 g/mol. The van der Waals surface area contributed by atoms with Crippen molar-refractivity contribution in [3.63, 3.8) is 0 Å². The summed E-state index contributed by atoms with van der Waals surface area (Å²) in [6.07, 6.45) is 0. The topological polar surface area (TPSA) is 36.4 Å². The number of rotatable bonds is 5. The fourth-order valence-corrected chi connectivity index (χ4v) is 2.93. The zero-order valence-electron chi connectivity index (χ0n) is 13.2. The Bertz CT molecular complexity index is 623. The van der Waals surface area contributed by atoms with Crippen LogP contribution < -0.4 is 10.6 Å². The summed E-state index contributed by atoms with van der Waals surface area (Å²) in [5.74, 6) is 1.01. The molecule has 1 aromatic carbocycles. The maximum Gasteiger partial charge on any atom is 0.191 e. The number of hydrogen-bond donors (Lipinski definition) is 2. The van der Waals surface area contributed by atoms with Crippen molar-refractivity contribution in [3.8, 4) is 0 Å². The quantitative estimate of drug-likeness (QED) is 0.652. The molecule has 1 heterocycles. The number of benzene rings is 1. The van der Waals surface area contributed by atoms with Gasteiger partial charge in [-0.25, -0.2) is 4.39 Å². The van der Waals surface area contributed by atoms with Crippen LogP contribution in [0.25, 0.3) is 0 Å². The molecule has 1 aromatic heterocycles. The van der Waals surface area contributed by atoms with E-state index in [0.29, 0.717) is 18.0 Å². The minimum Gasteiger partial charge on any atom is -0.356 e. The van der Waals surface area contributed by atoms with Gasteiger partial charge in [-0.15, -0.1) is 0 Å². The first-order valence-electron chi connectivity index (χ1n) is 7.31. The van der Waals surface area contributed by atoms with E-state index in [9.17, 15) is 4.39 Å². The lowest BCUT2D eigenvalue weighted by Gasteiger charge is -2.15. The fourth-order valence-electron chi connectivity index (χ4n) is 2.15. The number of hydrogen-bond acceptors (Lipinski definition) is 2. The summed E-state index contributed by atoms with van der Waals surface area (Å²) in [4.78, 5) is 4.22. The van der Waals surface area contributed by atoms with Gasteiger partial charge in [-0.3, -0.25) is 4.99 Å². The van der Waals surface area contributed by atoms with E-state index < -0.39 is 0 Å². The molecular weight excluding hydrogens is 297 g/mol. The minimum atomic E-state index is -0.171.